The second-order valence-electron chi connectivity index (χ2n) is 2.57. The predicted octanol–water partition coefficient (Wildman–Crippen LogP) is 1.37. The predicted molar refractivity (Wildman–Crippen MR) is 43.6 cm³/mol. The van der Waals surface area contributed by atoms with Crippen LogP contribution in [0.4, 0.5) is 0 Å². The lowest BCUT2D eigenvalue weighted by atomic mass is 10.1. The van der Waals surface area contributed by atoms with E-state index in [4.69, 9.17) is 5.26 Å². The van der Waals surface area contributed by atoms with E-state index in [-0.39, 0.29) is 12.6 Å². The average molecular weight is 174 g/mol. The molecule has 0 aliphatic rings. The maximum atomic E-state index is 10.3. The van der Waals surface area contributed by atoms with Crippen molar-refractivity contribution in [2.45, 2.75) is 26.4 Å². The standard InChI is InChI=1S/C8H14O4/c1-6(2)8(12-10)4-5-11-7(3)9/h8,10H,1,4-5H2,2-3H3. The van der Waals surface area contributed by atoms with Crippen molar-refractivity contribution in [3.8, 4) is 0 Å². The molecule has 4 nitrogen and oxygen atoms in total. The van der Waals surface area contributed by atoms with Gasteiger partial charge in [0.2, 0.25) is 0 Å². The summed E-state index contributed by atoms with van der Waals surface area (Å²) in [5.41, 5.74) is 0.699. The molecule has 0 aromatic rings. The molecule has 1 N–H and O–H groups in total. The monoisotopic (exact) mass is 174 g/mol. The summed E-state index contributed by atoms with van der Waals surface area (Å²) in [4.78, 5) is 14.4. The summed E-state index contributed by atoms with van der Waals surface area (Å²) >= 11 is 0. The van der Waals surface area contributed by atoms with Crippen molar-refractivity contribution in [2.24, 2.45) is 0 Å². The SMILES string of the molecule is C=C(C)C(CCOC(C)=O)OO. The number of carbonyl (C=O) groups is 1. The molecule has 0 radical (unpaired) electrons. The summed E-state index contributed by atoms with van der Waals surface area (Å²) in [7, 11) is 0. The van der Waals surface area contributed by atoms with E-state index in [9.17, 15) is 4.79 Å². The number of carbonyl (C=O) groups excluding carboxylic acids is 1. The molecule has 0 rings (SSSR count). The maximum Gasteiger partial charge on any atom is 0.302 e. The molecule has 1 unspecified atom stereocenters. The summed E-state index contributed by atoms with van der Waals surface area (Å²) in [6.45, 7) is 6.89. The smallest absolute Gasteiger partial charge is 0.302 e. The minimum Gasteiger partial charge on any atom is -0.466 e. The first-order valence-electron chi connectivity index (χ1n) is 3.67. The molecule has 0 spiro atoms. The quantitative estimate of drug-likeness (QED) is 0.296. The van der Waals surface area contributed by atoms with Gasteiger partial charge in [0.25, 0.3) is 0 Å². The molecule has 0 aromatic heterocycles. The summed E-state index contributed by atoms with van der Waals surface area (Å²) in [5, 5.41) is 8.36. The first-order valence-corrected chi connectivity index (χ1v) is 3.67. The van der Waals surface area contributed by atoms with Crippen LogP contribution in [0.2, 0.25) is 0 Å². The van der Waals surface area contributed by atoms with Gasteiger partial charge in [-0.15, -0.1) is 0 Å². The third-order valence-electron chi connectivity index (χ3n) is 1.36. The van der Waals surface area contributed by atoms with Crippen molar-refractivity contribution in [3.05, 3.63) is 12.2 Å². The zero-order chi connectivity index (χ0) is 9.56. The van der Waals surface area contributed by atoms with Crippen LogP contribution in [-0.2, 0) is 14.4 Å². The van der Waals surface area contributed by atoms with E-state index in [1.165, 1.54) is 6.92 Å². The third kappa shape index (κ3) is 4.87. The lowest BCUT2D eigenvalue weighted by molar-refractivity contribution is -0.270. The Labute approximate surface area is 71.7 Å². The second kappa shape index (κ2) is 5.74. The number of esters is 1. The Balaban J connectivity index is 3.59. The van der Waals surface area contributed by atoms with Crippen molar-refractivity contribution < 1.29 is 19.7 Å². The van der Waals surface area contributed by atoms with Crippen molar-refractivity contribution in [1.29, 1.82) is 0 Å². The number of hydrogen-bond acceptors (Lipinski definition) is 4. The van der Waals surface area contributed by atoms with Crippen LogP contribution in [0.25, 0.3) is 0 Å². The van der Waals surface area contributed by atoms with Crippen LogP contribution in [0.15, 0.2) is 12.2 Å². The van der Waals surface area contributed by atoms with Crippen LogP contribution >= 0.6 is 0 Å². The van der Waals surface area contributed by atoms with Crippen LogP contribution in [0.1, 0.15) is 20.3 Å². The average Bonchev–Trinajstić information content (AvgIpc) is 1.96. The van der Waals surface area contributed by atoms with Crippen molar-refractivity contribution in [1.82, 2.24) is 0 Å². The van der Waals surface area contributed by atoms with Gasteiger partial charge in [0.05, 0.1) is 6.61 Å². The lowest BCUT2D eigenvalue weighted by Gasteiger charge is -2.12. The van der Waals surface area contributed by atoms with Gasteiger partial charge >= 0.3 is 5.97 Å². The number of ether oxygens (including phenoxy) is 1. The molecule has 0 aliphatic carbocycles. The van der Waals surface area contributed by atoms with E-state index in [0.717, 1.165) is 0 Å². The van der Waals surface area contributed by atoms with Gasteiger partial charge in [-0.2, -0.15) is 0 Å². The van der Waals surface area contributed by atoms with Gasteiger partial charge in [0.15, 0.2) is 0 Å². The largest absolute Gasteiger partial charge is 0.466 e. The highest BCUT2D eigenvalue weighted by Crippen LogP contribution is 2.06. The van der Waals surface area contributed by atoms with Gasteiger partial charge in [-0.3, -0.25) is 10.1 Å². The molecule has 0 fully saturated rings. The Bertz CT molecular complexity index is 164. The Kier molecular flexibility index (Phi) is 5.32. The fourth-order valence-electron chi connectivity index (χ4n) is 0.699. The van der Waals surface area contributed by atoms with E-state index in [1.807, 2.05) is 0 Å². The summed E-state index contributed by atoms with van der Waals surface area (Å²) in [6.07, 6.45) is -0.0323. The maximum absolute atomic E-state index is 10.3. The molecular formula is C8H14O4. The Morgan fingerprint density at radius 3 is 2.50 bits per heavy atom. The lowest BCUT2D eigenvalue weighted by Crippen LogP contribution is -2.15. The van der Waals surface area contributed by atoms with Crippen LogP contribution < -0.4 is 0 Å². The van der Waals surface area contributed by atoms with E-state index < -0.39 is 6.10 Å². The van der Waals surface area contributed by atoms with Gasteiger partial charge in [-0.25, -0.2) is 4.89 Å². The highest BCUT2D eigenvalue weighted by Gasteiger charge is 2.09. The summed E-state index contributed by atoms with van der Waals surface area (Å²) < 4.78 is 4.65. The fourth-order valence-corrected chi connectivity index (χ4v) is 0.699. The van der Waals surface area contributed by atoms with Crippen LogP contribution in [0, 0.1) is 0 Å². The van der Waals surface area contributed by atoms with Crippen LogP contribution in [-0.4, -0.2) is 23.9 Å². The molecule has 0 amide bonds. The van der Waals surface area contributed by atoms with E-state index in [1.54, 1.807) is 6.92 Å². The Hall–Kier alpha value is -0.870. The first-order chi connectivity index (χ1) is 5.57. The fraction of sp³-hybridized carbons (Fsp3) is 0.625. The molecule has 0 saturated carbocycles. The van der Waals surface area contributed by atoms with Gasteiger partial charge in [-0.05, 0) is 12.5 Å². The van der Waals surface area contributed by atoms with Crippen LogP contribution in [0.3, 0.4) is 0 Å². The van der Waals surface area contributed by atoms with Crippen molar-refractivity contribution in [3.63, 3.8) is 0 Å². The van der Waals surface area contributed by atoms with Gasteiger partial charge in [0, 0.05) is 13.3 Å². The minimum absolute atomic E-state index is 0.230. The molecule has 0 aromatic carbocycles. The summed E-state index contributed by atoms with van der Waals surface area (Å²) in [6, 6.07) is 0. The Morgan fingerprint density at radius 1 is 1.58 bits per heavy atom. The highest BCUT2D eigenvalue weighted by atomic mass is 17.1. The van der Waals surface area contributed by atoms with E-state index in [0.29, 0.717) is 12.0 Å². The highest BCUT2D eigenvalue weighted by molar-refractivity contribution is 5.65. The molecule has 12 heavy (non-hydrogen) atoms. The van der Waals surface area contributed by atoms with Crippen molar-refractivity contribution in [2.75, 3.05) is 6.61 Å². The van der Waals surface area contributed by atoms with Crippen LogP contribution in [0.5, 0.6) is 0 Å². The number of hydrogen-bond donors (Lipinski definition) is 1. The molecule has 70 valence electrons. The molecule has 0 saturated heterocycles. The molecule has 0 bridgehead atoms. The van der Waals surface area contributed by atoms with Gasteiger partial charge in [0.1, 0.15) is 6.10 Å². The molecule has 0 heterocycles. The number of rotatable bonds is 5. The first kappa shape index (κ1) is 11.1. The van der Waals surface area contributed by atoms with Crippen molar-refractivity contribution >= 4 is 5.97 Å². The Morgan fingerprint density at radius 2 is 2.17 bits per heavy atom. The normalized spacial score (nSPS) is 12.2. The molecular weight excluding hydrogens is 160 g/mol. The van der Waals surface area contributed by atoms with E-state index >= 15 is 0 Å². The summed E-state index contributed by atoms with van der Waals surface area (Å²) in [5.74, 6) is -0.339. The topological polar surface area (TPSA) is 55.8 Å². The minimum atomic E-state index is -0.454. The van der Waals surface area contributed by atoms with E-state index in [2.05, 4.69) is 16.2 Å². The molecule has 4 heteroatoms. The third-order valence-corrected chi connectivity index (χ3v) is 1.36. The van der Waals surface area contributed by atoms with Gasteiger partial charge < -0.3 is 4.74 Å². The zero-order valence-electron chi connectivity index (χ0n) is 7.37. The molecule has 1 atom stereocenters. The van der Waals surface area contributed by atoms with Gasteiger partial charge in [-0.1, -0.05) is 6.58 Å². The zero-order valence-corrected chi connectivity index (χ0v) is 7.37. The molecule has 0 aliphatic heterocycles. The second-order valence-corrected chi connectivity index (χ2v) is 2.57.